The van der Waals surface area contributed by atoms with Crippen molar-refractivity contribution in [3.05, 3.63) is 241 Å². The van der Waals surface area contributed by atoms with Crippen molar-refractivity contribution >= 4 is 27.2 Å². The normalized spacial score (nSPS) is 11.0. The van der Waals surface area contributed by atoms with E-state index in [0.29, 0.717) is 34.3 Å². The largest absolute Gasteiger partial charge is 0.237 e. The molecular weight excluding hydrogens is 803 g/mol. The van der Waals surface area contributed by atoms with E-state index in [1.165, 1.54) is 21.5 Å². The lowest BCUT2D eigenvalue weighted by molar-refractivity contribution is 1.07. The molecule has 0 bridgehead atoms. The van der Waals surface area contributed by atoms with Gasteiger partial charge in [-0.25, -0.2) is 19.8 Å². The van der Waals surface area contributed by atoms with Gasteiger partial charge in [0.25, 0.3) is 0 Å². The lowest BCUT2D eigenvalue weighted by Crippen LogP contribution is -2.02. The number of benzene rings is 10. The van der Waals surface area contributed by atoms with E-state index < -0.39 is 0 Å². The summed E-state index contributed by atoms with van der Waals surface area (Å²) in [6.07, 6.45) is 0. The van der Waals surface area contributed by atoms with Gasteiger partial charge >= 0.3 is 0 Å². The Morgan fingerprint density at radius 2 is 0.879 bits per heavy atom. The van der Waals surface area contributed by atoms with Crippen LogP contribution in [0.3, 0.4) is 0 Å². The highest BCUT2D eigenvalue weighted by Gasteiger charge is 2.21. The van der Waals surface area contributed by atoms with Crippen LogP contribution >= 0.6 is 0 Å². The first-order valence-corrected chi connectivity index (χ1v) is 21.8. The summed E-state index contributed by atoms with van der Waals surface area (Å²) in [5, 5.41) is 15.2. The van der Waals surface area contributed by atoms with E-state index in [4.69, 9.17) is 21.5 Å². The molecule has 0 N–H and O–H groups in total. The monoisotopic (exact) mass is 839 g/mol. The van der Waals surface area contributed by atoms with Crippen LogP contribution in [0.25, 0.3) is 116 Å². The van der Waals surface area contributed by atoms with E-state index in [2.05, 4.69) is 114 Å². The van der Waals surface area contributed by atoms with E-state index in [1.54, 1.807) is 0 Å². The molecule has 0 amide bonds. The van der Waals surface area contributed by atoms with Crippen molar-refractivity contribution in [3.8, 4) is 95.9 Å². The van der Waals surface area contributed by atoms with Gasteiger partial charge in [-0.05, 0) is 95.4 Å². The second kappa shape index (κ2) is 17.1. The maximum Gasteiger partial charge on any atom is 0.195 e. The molecule has 0 radical (unpaired) electrons. The summed E-state index contributed by atoms with van der Waals surface area (Å²) < 4.78 is 0. The van der Waals surface area contributed by atoms with Gasteiger partial charge in [-0.1, -0.05) is 206 Å². The fourth-order valence-electron chi connectivity index (χ4n) is 9.04. The van der Waals surface area contributed by atoms with E-state index in [9.17, 15) is 5.26 Å². The predicted molar refractivity (Wildman–Crippen MR) is 269 cm³/mol. The lowest BCUT2D eigenvalue weighted by atomic mass is 9.86. The molecule has 0 saturated heterocycles. The summed E-state index contributed by atoms with van der Waals surface area (Å²) in [6, 6.07) is 78.6. The molecule has 0 aliphatic carbocycles. The van der Waals surface area contributed by atoms with Crippen LogP contribution in [0.5, 0.6) is 0 Å². The number of nitrogens with zero attached hydrogens (tertiary/aromatic N) is 5. The molecule has 0 fully saturated rings. The number of hydrogen-bond donors (Lipinski definition) is 0. The third-order valence-electron chi connectivity index (χ3n) is 12.2. The molecule has 0 aliphatic heterocycles. The van der Waals surface area contributed by atoms with E-state index >= 15 is 0 Å². The van der Waals surface area contributed by atoms with Crippen molar-refractivity contribution in [2.75, 3.05) is 0 Å². The molecule has 10 aromatic carbocycles. The smallest absolute Gasteiger partial charge is 0.195 e. The molecule has 5 nitrogen and oxygen atoms in total. The van der Waals surface area contributed by atoms with E-state index in [0.717, 1.165) is 66.8 Å². The summed E-state index contributed by atoms with van der Waals surface area (Å²) >= 11 is 0. The zero-order valence-corrected chi connectivity index (χ0v) is 35.6. The van der Waals surface area contributed by atoms with Gasteiger partial charge in [-0.15, -0.1) is 0 Å². The summed E-state index contributed by atoms with van der Waals surface area (Å²) in [4.78, 5) is 19.4. The van der Waals surface area contributed by atoms with Crippen LogP contribution in [-0.4, -0.2) is 15.0 Å². The average molecular weight is 840 g/mol. The van der Waals surface area contributed by atoms with Crippen LogP contribution in [0.1, 0.15) is 5.56 Å². The average Bonchev–Trinajstić information content (AvgIpc) is 3.40. The third kappa shape index (κ3) is 7.33. The summed E-state index contributed by atoms with van der Waals surface area (Å²) in [6.45, 7) is 8.44. The van der Waals surface area contributed by atoms with Crippen molar-refractivity contribution in [3.63, 3.8) is 0 Å². The molecule has 1 aromatic heterocycles. The minimum Gasteiger partial charge on any atom is -0.237 e. The molecule has 0 aliphatic rings. The minimum absolute atomic E-state index is 0.457. The number of aromatic nitrogens is 3. The van der Waals surface area contributed by atoms with Crippen LogP contribution < -0.4 is 0 Å². The zero-order chi connectivity index (χ0) is 44.4. The van der Waals surface area contributed by atoms with Crippen molar-refractivity contribution in [1.29, 1.82) is 5.26 Å². The molecule has 0 spiro atoms. The fourth-order valence-corrected chi connectivity index (χ4v) is 9.04. The standard InChI is InChI=1S/C61H37N5/c1-63-57-29-15-28-51(46-22-14-21-44(36-46)45-33-32-42-31-30-41-18-8-9-23-50(41)56(42)38-45)58(57)54-26-12-10-24-52(54)53-25-11-13-27-55(53)61-65-59(43-19-6-3-7-20-43)64-60(66-61)47-34-35-49(48(37-47)39-62)40-16-4-2-5-17-40/h2-38H. The van der Waals surface area contributed by atoms with Gasteiger partial charge < -0.3 is 0 Å². The first kappa shape index (κ1) is 39.5. The molecule has 306 valence electrons. The van der Waals surface area contributed by atoms with Crippen LogP contribution in [0.4, 0.5) is 5.69 Å². The van der Waals surface area contributed by atoms with Crippen molar-refractivity contribution in [2.45, 2.75) is 0 Å². The van der Waals surface area contributed by atoms with Gasteiger partial charge in [0.15, 0.2) is 23.2 Å². The fraction of sp³-hybridized carbons (Fsp3) is 0. The van der Waals surface area contributed by atoms with Gasteiger partial charge in [0.2, 0.25) is 0 Å². The van der Waals surface area contributed by atoms with Crippen molar-refractivity contribution in [2.24, 2.45) is 0 Å². The Hall–Kier alpha value is -9.29. The second-order valence-corrected chi connectivity index (χ2v) is 16.1. The van der Waals surface area contributed by atoms with Crippen LogP contribution in [-0.2, 0) is 0 Å². The lowest BCUT2D eigenvalue weighted by Gasteiger charge is -2.19. The highest BCUT2D eigenvalue weighted by atomic mass is 15.0. The minimum atomic E-state index is 0.457. The maximum atomic E-state index is 10.3. The number of fused-ring (bicyclic) bond motifs is 3. The van der Waals surface area contributed by atoms with Crippen molar-refractivity contribution < 1.29 is 0 Å². The van der Waals surface area contributed by atoms with Gasteiger partial charge in [0.05, 0.1) is 18.2 Å². The maximum absolute atomic E-state index is 10.3. The zero-order valence-electron chi connectivity index (χ0n) is 35.6. The van der Waals surface area contributed by atoms with Crippen molar-refractivity contribution in [1.82, 2.24) is 15.0 Å². The SMILES string of the molecule is [C-]#[N+]c1cccc(-c2cccc(-c3ccc4ccc5ccccc5c4c3)c2)c1-c1ccccc1-c1ccccc1-c1nc(-c2ccccc2)nc(-c2ccc(-c3ccccc3)c(C#N)c2)n1. The first-order chi connectivity index (χ1) is 32.6. The molecule has 0 saturated carbocycles. The Kier molecular flexibility index (Phi) is 10.3. The molecular formula is C61H37N5. The van der Waals surface area contributed by atoms with Gasteiger partial charge in [-0.2, -0.15) is 5.26 Å². The highest BCUT2D eigenvalue weighted by Crippen LogP contribution is 2.46. The van der Waals surface area contributed by atoms with Crippen LogP contribution in [0, 0.1) is 17.9 Å². The Morgan fingerprint density at radius 3 is 1.64 bits per heavy atom. The predicted octanol–water partition coefficient (Wildman–Crippen LogP) is 15.9. The Bertz CT molecular complexity index is 3730. The molecule has 0 unspecified atom stereocenters. The third-order valence-corrected chi connectivity index (χ3v) is 12.2. The molecule has 5 heteroatoms. The van der Waals surface area contributed by atoms with Gasteiger partial charge in [0.1, 0.15) is 0 Å². The second-order valence-electron chi connectivity index (χ2n) is 16.1. The number of rotatable bonds is 8. The molecule has 11 aromatic rings. The molecule has 0 atom stereocenters. The Morgan fingerprint density at radius 1 is 0.348 bits per heavy atom. The highest BCUT2D eigenvalue weighted by molar-refractivity contribution is 6.09. The van der Waals surface area contributed by atoms with Crippen LogP contribution in [0.15, 0.2) is 224 Å². The van der Waals surface area contributed by atoms with Crippen LogP contribution in [0.2, 0.25) is 0 Å². The van der Waals surface area contributed by atoms with Gasteiger partial charge in [-0.3, -0.25) is 0 Å². The Labute approximate surface area is 383 Å². The van der Waals surface area contributed by atoms with E-state index in [1.807, 2.05) is 121 Å². The summed E-state index contributed by atoms with van der Waals surface area (Å²) in [5.74, 6) is 1.46. The Balaban J connectivity index is 1.05. The quantitative estimate of drug-likeness (QED) is 0.113. The molecule has 11 rings (SSSR count). The first-order valence-electron chi connectivity index (χ1n) is 21.8. The summed E-state index contributed by atoms with van der Waals surface area (Å²) in [7, 11) is 0. The molecule has 1 heterocycles. The number of hydrogen-bond acceptors (Lipinski definition) is 4. The molecule has 66 heavy (non-hydrogen) atoms. The number of nitriles is 1. The summed E-state index contributed by atoms with van der Waals surface area (Å²) in [5.41, 5.74) is 13.1. The van der Waals surface area contributed by atoms with Gasteiger partial charge in [0, 0.05) is 16.7 Å². The topological polar surface area (TPSA) is 66.8 Å². The van der Waals surface area contributed by atoms with E-state index in [-0.39, 0.29) is 0 Å².